The Labute approximate surface area is 180 Å². The first-order valence-corrected chi connectivity index (χ1v) is 11.9. The Morgan fingerprint density at radius 2 is 1.57 bits per heavy atom. The van der Waals surface area contributed by atoms with Gasteiger partial charge in [0.15, 0.2) is 5.78 Å². The van der Waals surface area contributed by atoms with Crippen molar-refractivity contribution in [2.24, 2.45) is 29.6 Å². The number of hydrogen-bond acceptors (Lipinski definition) is 3. The van der Waals surface area contributed by atoms with E-state index in [4.69, 9.17) is 4.74 Å². The van der Waals surface area contributed by atoms with Crippen molar-refractivity contribution < 1.29 is 14.3 Å². The molecule has 162 valence electrons. The molecule has 1 aromatic carbocycles. The highest BCUT2D eigenvalue weighted by molar-refractivity contribution is 5.88. The van der Waals surface area contributed by atoms with Gasteiger partial charge in [-0.25, -0.2) is 4.79 Å². The van der Waals surface area contributed by atoms with Crippen LogP contribution in [0.5, 0.6) is 0 Å². The molecule has 0 radical (unpaired) electrons. The number of Topliss-reactive ketones (excluding diaryl/α,β-unsaturated/α-hetero) is 1. The Hall–Kier alpha value is -1.84. The van der Waals surface area contributed by atoms with Crippen LogP contribution >= 0.6 is 0 Å². The number of ether oxygens (including phenoxy) is 1. The van der Waals surface area contributed by atoms with Crippen LogP contribution in [0.2, 0.25) is 0 Å². The summed E-state index contributed by atoms with van der Waals surface area (Å²) in [6.07, 6.45) is 7.63. The second-order valence-electron chi connectivity index (χ2n) is 11.4. The number of nitrogens with zero attached hydrogens (tertiary/aromatic N) is 1. The van der Waals surface area contributed by atoms with Gasteiger partial charge in [-0.1, -0.05) is 24.3 Å². The van der Waals surface area contributed by atoms with Gasteiger partial charge < -0.3 is 4.74 Å². The summed E-state index contributed by atoms with van der Waals surface area (Å²) in [5.41, 5.74) is 1.76. The van der Waals surface area contributed by atoms with Crippen molar-refractivity contribution in [3.05, 3.63) is 35.4 Å². The fourth-order valence-electron chi connectivity index (χ4n) is 7.06. The highest BCUT2D eigenvalue weighted by atomic mass is 16.6. The van der Waals surface area contributed by atoms with E-state index in [1.54, 1.807) is 4.90 Å². The van der Waals surface area contributed by atoms with Gasteiger partial charge in [0.05, 0.1) is 12.6 Å². The molecule has 4 bridgehead atoms. The molecule has 6 rings (SSSR count). The largest absolute Gasteiger partial charge is 0.444 e. The maximum Gasteiger partial charge on any atom is 0.411 e. The first-order valence-electron chi connectivity index (χ1n) is 11.9. The summed E-state index contributed by atoms with van der Waals surface area (Å²) in [5, 5.41) is 0. The number of rotatable bonds is 3. The lowest BCUT2D eigenvalue weighted by Gasteiger charge is -2.54. The molecule has 0 N–H and O–H groups in total. The molecular weight excluding hydrogens is 374 g/mol. The molecule has 1 amide bonds. The second kappa shape index (κ2) is 7.39. The van der Waals surface area contributed by atoms with E-state index in [1.807, 2.05) is 32.9 Å². The van der Waals surface area contributed by atoms with Crippen LogP contribution in [-0.2, 0) is 22.5 Å². The van der Waals surface area contributed by atoms with Gasteiger partial charge in [0, 0.05) is 12.8 Å². The van der Waals surface area contributed by atoms with Crippen molar-refractivity contribution in [2.75, 3.05) is 0 Å². The molecule has 1 aliphatic heterocycles. The van der Waals surface area contributed by atoms with Crippen molar-refractivity contribution in [1.82, 2.24) is 4.90 Å². The molecule has 0 unspecified atom stereocenters. The molecular formula is C26H35NO3. The summed E-state index contributed by atoms with van der Waals surface area (Å²) in [5.74, 6) is 4.07. The van der Waals surface area contributed by atoms with Crippen LogP contribution in [0.15, 0.2) is 24.3 Å². The van der Waals surface area contributed by atoms with Crippen LogP contribution in [0.4, 0.5) is 4.79 Å². The van der Waals surface area contributed by atoms with E-state index in [9.17, 15) is 9.59 Å². The van der Waals surface area contributed by atoms with E-state index in [1.165, 1.54) is 37.7 Å². The summed E-state index contributed by atoms with van der Waals surface area (Å²) in [6, 6.07) is 7.80. The molecule has 4 heteroatoms. The van der Waals surface area contributed by atoms with Crippen molar-refractivity contribution in [3.8, 4) is 0 Å². The van der Waals surface area contributed by atoms with E-state index in [0.29, 0.717) is 25.3 Å². The number of carbonyl (C=O) groups is 2. The molecule has 0 aromatic heterocycles. The fraction of sp³-hybridized carbons (Fsp3) is 0.692. The van der Waals surface area contributed by atoms with Crippen molar-refractivity contribution >= 4 is 11.9 Å². The highest BCUT2D eigenvalue weighted by Crippen LogP contribution is 2.57. The van der Waals surface area contributed by atoms with Crippen LogP contribution in [0.25, 0.3) is 0 Å². The van der Waals surface area contributed by atoms with Crippen LogP contribution in [0.1, 0.15) is 70.4 Å². The monoisotopic (exact) mass is 409 g/mol. The van der Waals surface area contributed by atoms with Gasteiger partial charge in [-0.2, -0.15) is 0 Å². The van der Waals surface area contributed by atoms with Crippen molar-refractivity contribution in [1.29, 1.82) is 0 Å². The van der Waals surface area contributed by atoms with E-state index in [2.05, 4.69) is 12.1 Å². The predicted molar refractivity (Wildman–Crippen MR) is 116 cm³/mol. The summed E-state index contributed by atoms with van der Waals surface area (Å²) in [7, 11) is 0. The third-order valence-corrected chi connectivity index (χ3v) is 8.11. The van der Waals surface area contributed by atoms with Gasteiger partial charge in [0.25, 0.3) is 0 Å². The molecule has 4 aliphatic carbocycles. The minimum atomic E-state index is -0.566. The standard InChI is InChI=1S/C26H35NO3/c1-26(2,3)30-25(29)27-15-19-7-5-4-6-18(19)13-23(27)24(28)14-22-20-9-16-8-17(11-20)12-21(22)10-16/h4-7,16-17,20-23H,8-15H2,1-3H3/t16?,17?,20?,21?,22?,23-/m1/s1. The minimum absolute atomic E-state index is 0.243. The van der Waals surface area contributed by atoms with Gasteiger partial charge in [-0.05, 0) is 93.6 Å². The number of amides is 1. The SMILES string of the molecule is CC(C)(C)OC(=O)N1Cc2ccccc2C[C@@H]1C(=O)CC1C2CC3CC(C2)CC1C3. The van der Waals surface area contributed by atoms with Crippen LogP contribution in [0.3, 0.4) is 0 Å². The first-order chi connectivity index (χ1) is 14.3. The average Bonchev–Trinajstić information content (AvgIpc) is 2.67. The van der Waals surface area contributed by atoms with E-state index in [-0.39, 0.29) is 11.9 Å². The zero-order valence-electron chi connectivity index (χ0n) is 18.6. The molecule has 0 spiro atoms. The average molecular weight is 410 g/mol. The molecule has 30 heavy (non-hydrogen) atoms. The summed E-state index contributed by atoms with van der Waals surface area (Å²) < 4.78 is 5.69. The summed E-state index contributed by atoms with van der Waals surface area (Å²) >= 11 is 0. The van der Waals surface area contributed by atoms with Gasteiger partial charge >= 0.3 is 6.09 Å². The van der Waals surface area contributed by atoms with Crippen LogP contribution < -0.4 is 0 Å². The summed E-state index contributed by atoms with van der Waals surface area (Å²) in [4.78, 5) is 28.4. The Morgan fingerprint density at radius 3 is 2.17 bits per heavy atom. The Morgan fingerprint density at radius 1 is 0.967 bits per heavy atom. The van der Waals surface area contributed by atoms with Gasteiger partial charge in [0.1, 0.15) is 5.60 Å². The van der Waals surface area contributed by atoms with E-state index < -0.39 is 11.6 Å². The normalized spacial score (nSPS) is 34.6. The second-order valence-corrected chi connectivity index (χ2v) is 11.4. The van der Waals surface area contributed by atoms with Crippen LogP contribution in [-0.4, -0.2) is 28.4 Å². The lowest BCUT2D eigenvalue weighted by molar-refractivity contribution is -0.130. The van der Waals surface area contributed by atoms with Crippen LogP contribution in [0, 0.1) is 29.6 Å². The molecule has 1 aromatic rings. The van der Waals surface area contributed by atoms with Crippen molar-refractivity contribution in [3.63, 3.8) is 0 Å². The zero-order valence-corrected chi connectivity index (χ0v) is 18.6. The molecule has 0 saturated heterocycles. The quantitative estimate of drug-likeness (QED) is 0.673. The molecule has 4 saturated carbocycles. The molecule has 5 aliphatic rings. The third kappa shape index (κ3) is 3.78. The molecule has 4 fully saturated rings. The van der Waals surface area contributed by atoms with E-state index >= 15 is 0 Å². The molecule has 1 heterocycles. The molecule has 1 atom stereocenters. The van der Waals surface area contributed by atoms with Gasteiger partial charge in [-0.3, -0.25) is 9.69 Å². The number of hydrogen-bond donors (Lipinski definition) is 0. The number of benzene rings is 1. The topological polar surface area (TPSA) is 46.6 Å². The maximum absolute atomic E-state index is 13.6. The number of ketones is 1. The molecule has 4 nitrogen and oxygen atoms in total. The minimum Gasteiger partial charge on any atom is -0.444 e. The third-order valence-electron chi connectivity index (χ3n) is 8.11. The smallest absolute Gasteiger partial charge is 0.411 e. The fourth-order valence-corrected chi connectivity index (χ4v) is 7.06. The lowest BCUT2D eigenvalue weighted by Crippen LogP contribution is -2.52. The Bertz CT molecular complexity index is 811. The summed E-state index contributed by atoms with van der Waals surface area (Å²) in [6.45, 7) is 6.11. The Balaban J connectivity index is 1.36. The zero-order chi connectivity index (χ0) is 21.0. The predicted octanol–water partition coefficient (Wildman–Crippen LogP) is 5.38. The first kappa shape index (κ1) is 20.1. The van der Waals surface area contributed by atoms with Gasteiger partial charge in [0.2, 0.25) is 0 Å². The maximum atomic E-state index is 13.6. The number of fused-ring (bicyclic) bond motifs is 1. The van der Waals surface area contributed by atoms with Gasteiger partial charge in [-0.15, -0.1) is 0 Å². The van der Waals surface area contributed by atoms with Crippen molar-refractivity contribution in [2.45, 2.75) is 83.9 Å². The Kier molecular flexibility index (Phi) is 4.95. The lowest BCUT2D eigenvalue weighted by atomic mass is 9.51. The highest BCUT2D eigenvalue weighted by Gasteiger charge is 2.49. The number of carbonyl (C=O) groups excluding carboxylic acids is 2. The van der Waals surface area contributed by atoms with E-state index in [0.717, 1.165) is 29.2 Å².